The summed E-state index contributed by atoms with van der Waals surface area (Å²) < 4.78 is 38.0. The molecule has 1 N–H and O–H groups in total. The number of ether oxygens (including phenoxy) is 2. The van der Waals surface area contributed by atoms with Crippen LogP contribution in [0.4, 0.5) is 0 Å². The van der Waals surface area contributed by atoms with Gasteiger partial charge in [-0.2, -0.15) is 4.31 Å². The number of Topliss-reactive ketones (excluding diaryl/α,β-unsaturated/α-hetero) is 1. The maximum atomic E-state index is 13.0. The van der Waals surface area contributed by atoms with E-state index in [4.69, 9.17) is 9.47 Å². The van der Waals surface area contributed by atoms with E-state index < -0.39 is 10.0 Å². The zero-order chi connectivity index (χ0) is 20.7. The minimum Gasteiger partial charge on any atom is -0.454 e. The van der Waals surface area contributed by atoms with Gasteiger partial charge in [0.2, 0.25) is 16.8 Å². The predicted octanol–water partition coefficient (Wildman–Crippen LogP) is 2.09. The number of nitrogens with zero attached hydrogens (tertiary/aromatic N) is 2. The summed E-state index contributed by atoms with van der Waals surface area (Å²) in [6.45, 7) is 2.02. The number of hydrogen-bond donors (Lipinski definition) is 1. The highest BCUT2D eigenvalue weighted by molar-refractivity contribution is 7.89. The fourth-order valence-corrected chi connectivity index (χ4v) is 5.34. The Bertz CT molecular complexity index is 1210. The molecule has 3 aromatic rings. The summed E-state index contributed by atoms with van der Waals surface area (Å²) in [4.78, 5) is 18.1. The van der Waals surface area contributed by atoms with Crippen LogP contribution in [0.25, 0.3) is 10.9 Å². The van der Waals surface area contributed by atoms with Crippen LogP contribution in [0.5, 0.6) is 11.5 Å². The molecule has 0 spiro atoms. The second kappa shape index (κ2) is 7.42. The average Bonchev–Trinajstić information content (AvgIpc) is 3.40. The fourth-order valence-electron chi connectivity index (χ4n) is 3.90. The summed E-state index contributed by atoms with van der Waals surface area (Å²) in [6, 6.07) is 12.4. The number of benzene rings is 2. The van der Waals surface area contributed by atoms with Gasteiger partial charge in [0, 0.05) is 54.9 Å². The molecule has 5 rings (SSSR count). The maximum Gasteiger partial charge on any atom is 0.243 e. The lowest BCUT2D eigenvalue weighted by atomic mass is 10.1. The molecule has 0 unspecified atom stereocenters. The molecule has 1 fully saturated rings. The number of aromatic amines is 1. The van der Waals surface area contributed by atoms with E-state index in [0.717, 1.165) is 10.9 Å². The smallest absolute Gasteiger partial charge is 0.243 e. The van der Waals surface area contributed by atoms with E-state index >= 15 is 0 Å². The summed E-state index contributed by atoms with van der Waals surface area (Å²) in [7, 11) is -3.63. The average molecular weight is 427 g/mol. The molecule has 8 nitrogen and oxygen atoms in total. The summed E-state index contributed by atoms with van der Waals surface area (Å²) in [5.41, 5.74) is 1.60. The number of nitrogens with one attached hydrogen (secondary N) is 1. The number of fused-ring (bicyclic) bond motifs is 2. The van der Waals surface area contributed by atoms with Crippen molar-refractivity contribution in [3.63, 3.8) is 0 Å². The number of aromatic nitrogens is 1. The molecule has 1 aromatic heterocycles. The Morgan fingerprint density at radius 1 is 1.00 bits per heavy atom. The lowest BCUT2D eigenvalue weighted by molar-refractivity contribution is 0.0903. The molecule has 30 heavy (non-hydrogen) atoms. The van der Waals surface area contributed by atoms with Crippen molar-refractivity contribution in [1.82, 2.24) is 14.2 Å². The molecular formula is C21H21N3O5S. The normalized spacial score (nSPS) is 17.5. The second-order valence-corrected chi connectivity index (χ2v) is 9.30. The molecule has 0 aliphatic carbocycles. The molecular weight excluding hydrogens is 406 g/mol. The van der Waals surface area contributed by atoms with Crippen molar-refractivity contribution in [1.29, 1.82) is 0 Å². The van der Waals surface area contributed by atoms with Gasteiger partial charge in [-0.15, -0.1) is 0 Å². The van der Waals surface area contributed by atoms with E-state index in [1.165, 1.54) is 16.4 Å². The van der Waals surface area contributed by atoms with E-state index in [9.17, 15) is 13.2 Å². The van der Waals surface area contributed by atoms with Crippen molar-refractivity contribution < 1.29 is 22.7 Å². The van der Waals surface area contributed by atoms with Gasteiger partial charge in [-0.1, -0.05) is 18.2 Å². The Morgan fingerprint density at radius 3 is 2.60 bits per heavy atom. The lowest BCUT2D eigenvalue weighted by Gasteiger charge is -2.33. The Balaban J connectivity index is 1.24. The molecule has 3 heterocycles. The van der Waals surface area contributed by atoms with Gasteiger partial charge in [0.25, 0.3) is 0 Å². The standard InChI is InChI=1S/C21H21N3O5S/c25-19(17-12-22-18-4-2-1-3-16(17)18)13-23-7-9-24(10-8-23)30(26,27)15-5-6-20-21(11-15)29-14-28-20/h1-6,11-12,22H,7-10,13-14H2. The van der Waals surface area contributed by atoms with Crippen molar-refractivity contribution in [2.45, 2.75) is 4.90 Å². The predicted molar refractivity (Wildman–Crippen MR) is 110 cm³/mol. The molecule has 0 radical (unpaired) electrons. The van der Waals surface area contributed by atoms with Gasteiger partial charge in [0.15, 0.2) is 17.3 Å². The number of piperazine rings is 1. The summed E-state index contributed by atoms with van der Waals surface area (Å²) >= 11 is 0. The van der Waals surface area contributed by atoms with Crippen molar-refractivity contribution in [3.05, 3.63) is 54.2 Å². The second-order valence-electron chi connectivity index (χ2n) is 7.37. The molecule has 0 amide bonds. The first-order valence-electron chi connectivity index (χ1n) is 9.74. The first kappa shape index (κ1) is 19.1. The van der Waals surface area contributed by atoms with Gasteiger partial charge in [0.1, 0.15) is 0 Å². The Labute approximate surface area is 174 Å². The van der Waals surface area contributed by atoms with E-state index in [-0.39, 0.29) is 24.0 Å². The largest absolute Gasteiger partial charge is 0.454 e. The van der Waals surface area contributed by atoms with Gasteiger partial charge >= 0.3 is 0 Å². The number of H-pyrrole nitrogens is 1. The van der Waals surface area contributed by atoms with Gasteiger partial charge < -0.3 is 14.5 Å². The number of rotatable bonds is 5. The molecule has 156 valence electrons. The molecule has 2 aliphatic rings. The van der Waals surface area contributed by atoms with Crippen molar-refractivity contribution >= 4 is 26.7 Å². The molecule has 2 aliphatic heterocycles. The van der Waals surface area contributed by atoms with E-state index in [2.05, 4.69) is 4.98 Å². The van der Waals surface area contributed by atoms with Crippen molar-refractivity contribution in [2.75, 3.05) is 39.5 Å². The molecule has 2 aromatic carbocycles. The molecule has 0 atom stereocenters. The van der Waals surface area contributed by atoms with Gasteiger partial charge in [0.05, 0.1) is 11.4 Å². The minimum atomic E-state index is -3.63. The van der Waals surface area contributed by atoms with Crippen LogP contribution in [0.15, 0.2) is 53.6 Å². The quantitative estimate of drug-likeness (QED) is 0.627. The van der Waals surface area contributed by atoms with Gasteiger partial charge in [-0.3, -0.25) is 9.69 Å². The number of ketones is 1. The number of carbonyl (C=O) groups is 1. The topological polar surface area (TPSA) is 91.9 Å². The molecule has 9 heteroatoms. The highest BCUT2D eigenvalue weighted by Gasteiger charge is 2.30. The highest BCUT2D eigenvalue weighted by Crippen LogP contribution is 2.34. The first-order valence-corrected chi connectivity index (χ1v) is 11.2. The van der Waals surface area contributed by atoms with Crippen molar-refractivity contribution in [3.8, 4) is 11.5 Å². The third-order valence-electron chi connectivity index (χ3n) is 5.57. The van der Waals surface area contributed by atoms with E-state index in [1.54, 1.807) is 12.3 Å². The first-order chi connectivity index (χ1) is 14.5. The Kier molecular flexibility index (Phi) is 4.73. The number of sulfonamides is 1. The van der Waals surface area contributed by atoms with Crippen LogP contribution in [0.1, 0.15) is 10.4 Å². The Hall–Kier alpha value is -2.88. The Morgan fingerprint density at radius 2 is 1.77 bits per heavy atom. The molecule has 0 bridgehead atoms. The zero-order valence-corrected chi connectivity index (χ0v) is 17.0. The van der Waals surface area contributed by atoms with E-state index in [1.807, 2.05) is 29.2 Å². The summed E-state index contributed by atoms with van der Waals surface area (Å²) in [6.07, 6.45) is 1.74. The highest BCUT2D eigenvalue weighted by atomic mass is 32.2. The van der Waals surface area contributed by atoms with Crippen LogP contribution in [-0.2, 0) is 10.0 Å². The SMILES string of the molecule is O=C(CN1CCN(S(=O)(=O)c2ccc3c(c2)OCO3)CC1)c1c[nH]c2ccccc12. The molecule has 0 saturated carbocycles. The minimum absolute atomic E-state index is 0.0273. The van der Waals surface area contributed by atoms with E-state index in [0.29, 0.717) is 43.2 Å². The number of para-hydroxylation sites is 1. The third-order valence-corrected chi connectivity index (χ3v) is 7.46. The van der Waals surface area contributed by atoms with Crippen LogP contribution in [0.2, 0.25) is 0 Å². The monoisotopic (exact) mass is 427 g/mol. The van der Waals surface area contributed by atoms with Crippen LogP contribution in [-0.4, -0.2) is 67.9 Å². The third kappa shape index (κ3) is 3.34. The van der Waals surface area contributed by atoms with Gasteiger partial charge in [-0.05, 0) is 18.2 Å². The maximum absolute atomic E-state index is 13.0. The van der Waals surface area contributed by atoms with Crippen LogP contribution in [0, 0.1) is 0 Å². The number of carbonyl (C=O) groups excluding carboxylic acids is 1. The zero-order valence-electron chi connectivity index (χ0n) is 16.2. The summed E-state index contributed by atoms with van der Waals surface area (Å²) in [5, 5.41) is 0.909. The molecule has 1 saturated heterocycles. The van der Waals surface area contributed by atoms with Crippen molar-refractivity contribution in [2.24, 2.45) is 0 Å². The fraction of sp³-hybridized carbons (Fsp3) is 0.286. The van der Waals surface area contributed by atoms with Crippen LogP contribution < -0.4 is 9.47 Å². The lowest BCUT2D eigenvalue weighted by Crippen LogP contribution is -2.49. The number of hydrogen-bond acceptors (Lipinski definition) is 6. The van der Waals surface area contributed by atoms with Crippen LogP contribution in [0.3, 0.4) is 0 Å². The van der Waals surface area contributed by atoms with Crippen LogP contribution >= 0.6 is 0 Å². The van der Waals surface area contributed by atoms with Gasteiger partial charge in [-0.25, -0.2) is 8.42 Å². The summed E-state index contributed by atoms with van der Waals surface area (Å²) in [5.74, 6) is 1.02.